The van der Waals surface area contributed by atoms with Gasteiger partial charge in [0.25, 0.3) is 5.91 Å². The molecule has 0 aliphatic rings. The van der Waals surface area contributed by atoms with Crippen molar-refractivity contribution in [1.82, 2.24) is 19.9 Å². The first-order valence-electron chi connectivity index (χ1n) is 9.75. The van der Waals surface area contributed by atoms with Crippen molar-refractivity contribution >= 4 is 39.5 Å². The summed E-state index contributed by atoms with van der Waals surface area (Å²) in [6.07, 6.45) is 3.14. The first kappa shape index (κ1) is 19.6. The minimum atomic E-state index is -0.529. The highest BCUT2D eigenvalue weighted by atomic mass is 16.1. The molecule has 0 aliphatic carbocycles. The highest BCUT2D eigenvalue weighted by molar-refractivity contribution is 6.18. The van der Waals surface area contributed by atoms with Gasteiger partial charge in [-0.3, -0.25) is 4.79 Å². The average Bonchev–Trinajstić information content (AvgIpc) is 3.06. The van der Waals surface area contributed by atoms with E-state index < -0.39 is 5.91 Å². The van der Waals surface area contributed by atoms with E-state index in [0.29, 0.717) is 16.9 Å². The van der Waals surface area contributed by atoms with E-state index in [1.807, 2.05) is 18.2 Å². The van der Waals surface area contributed by atoms with Gasteiger partial charge in [-0.05, 0) is 24.5 Å². The van der Waals surface area contributed by atoms with Gasteiger partial charge in [-0.15, -0.1) is 0 Å². The third-order valence-corrected chi connectivity index (χ3v) is 5.52. The highest BCUT2D eigenvalue weighted by Crippen LogP contribution is 2.35. The fraction of sp³-hybridized carbons (Fsp3) is 0.273. The summed E-state index contributed by atoms with van der Waals surface area (Å²) < 4.78 is 0. The van der Waals surface area contributed by atoms with Crippen LogP contribution in [0.15, 0.2) is 36.7 Å². The Bertz CT molecular complexity index is 1270. The van der Waals surface area contributed by atoms with Gasteiger partial charge >= 0.3 is 0 Å². The van der Waals surface area contributed by atoms with Crippen LogP contribution >= 0.6 is 0 Å². The molecule has 0 bridgehead atoms. The summed E-state index contributed by atoms with van der Waals surface area (Å²) in [5, 5.41) is 5.28. The minimum Gasteiger partial charge on any atom is -0.368 e. The summed E-state index contributed by atoms with van der Waals surface area (Å²) in [5.74, 6) is 0.396. The number of nitrogens with zero attached hydrogens (tertiary/aromatic N) is 3. The first-order valence-corrected chi connectivity index (χ1v) is 9.75. The molecular formula is C22H25N7O. The number of primary amides is 1. The Morgan fingerprint density at radius 1 is 1.20 bits per heavy atom. The quantitative estimate of drug-likeness (QED) is 0.410. The Labute approximate surface area is 174 Å². The SMILES string of the molecule is C[C@H](Nc1ncc(C(N)=O)c2[nH]c3cc(-c4ccnc(N)n4)ccc3c12)C(C)(C)C. The topological polar surface area (TPSA) is 136 Å². The number of hydrogen-bond donors (Lipinski definition) is 4. The Hall–Kier alpha value is -3.68. The van der Waals surface area contributed by atoms with Crippen LogP contribution in [0, 0.1) is 5.41 Å². The number of aromatic nitrogens is 4. The zero-order valence-electron chi connectivity index (χ0n) is 17.4. The van der Waals surface area contributed by atoms with Crippen LogP contribution in [0.4, 0.5) is 11.8 Å². The van der Waals surface area contributed by atoms with Crippen molar-refractivity contribution in [2.45, 2.75) is 33.7 Å². The molecule has 4 aromatic rings. The molecule has 1 aromatic carbocycles. The molecular weight excluding hydrogens is 378 g/mol. The van der Waals surface area contributed by atoms with Crippen LogP contribution in [0.1, 0.15) is 38.1 Å². The summed E-state index contributed by atoms with van der Waals surface area (Å²) in [6.45, 7) is 8.60. The van der Waals surface area contributed by atoms with Gasteiger partial charge in [-0.1, -0.05) is 32.9 Å². The number of nitrogens with two attached hydrogens (primary N) is 2. The number of rotatable bonds is 4. The van der Waals surface area contributed by atoms with Crippen LogP contribution in [0.5, 0.6) is 0 Å². The molecule has 0 unspecified atom stereocenters. The standard InChI is InChI=1S/C22H25N7O/c1-11(22(2,3)4)27-20-17-13-6-5-12(15-7-8-25-21(24)29-15)9-16(13)28-18(17)14(10-26-20)19(23)30/h5-11,28H,1-4H3,(H2,23,30)(H,26,27)(H2,24,25,29)/t11-/m0/s1. The van der Waals surface area contributed by atoms with Gasteiger partial charge < -0.3 is 21.8 Å². The van der Waals surface area contributed by atoms with Gasteiger partial charge in [0.15, 0.2) is 0 Å². The molecule has 8 nitrogen and oxygen atoms in total. The maximum atomic E-state index is 12.0. The Morgan fingerprint density at radius 2 is 1.97 bits per heavy atom. The van der Waals surface area contributed by atoms with Crippen LogP contribution in [0.3, 0.4) is 0 Å². The van der Waals surface area contributed by atoms with Gasteiger partial charge in [-0.25, -0.2) is 15.0 Å². The lowest BCUT2D eigenvalue weighted by Gasteiger charge is -2.28. The van der Waals surface area contributed by atoms with Crippen molar-refractivity contribution in [3.05, 3.63) is 42.2 Å². The predicted octanol–water partition coefficient (Wildman–Crippen LogP) is 3.70. The van der Waals surface area contributed by atoms with Crippen LogP contribution in [0.25, 0.3) is 33.1 Å². The van der Waals surface area contributed by atoms with Crippen molar-refractivity contribution in [2.75, 3.05) is 11.1 Å². The molecule has 3 aromatic heterocycles. The number of pyridine rings is 1. The number of aromatic amines is 1. The molecule has 3 heterocycles. The molecule has 8 heteroatoms. The van der Waals surface area contributed by atoms with Crippen molar-refractivity contribution in [3.8, 4) is 11.3 Å². The zero-order valence-corrected chi connectivity index (χ0v) is 17.4. The number of nitrogen functional groups attached to an aromatic ring is 1. The minimum absolute atomic E-state index is 0.0303. The third kappa shape index (κ3) is 3.41. The third-order valence-electron chi connectivity index (χ3n) is 5.52. The van der Waals surface area contributed by atoms with E-state index in [0.717, 1.165) is 27.5 Å². The lowest BCUT2D eigenvalue weighted by molar-refractivity contribution is 0.100. The van der Waals surface area contributed by atoms with Gasteiger partial charge in [0.2, 0.25) is 5.95 Å². The summed E-state index contributed by atoms with van der Waals surface area (Å²) in [6, 6.07) is 7.88. The fourth-order valence-corrected chi connectivity index (χ4v) is 3.32. The Kier molecular flexibility index (Phi) is 4.57. The number of anilines is 2. The molecule has 1 atom stereocenters. The molecule has 0 fully saturated rings. The number of amides is 1. The van der Waals surface area contributed by atoms with Crippen molar-refractivity contribution in [3.63, 3.8) is 0 Å². The van der Waals surface area contributed by atoms with Gasteiger partial charge in [0.1, 0.15) is 5.82 Å². The molecule has 30 heavy (non-hydrogen) atoms. The molecule has 0 saturated carbocycles. The molecule has 6 N–H and O–H groups in total. The van der Waals surface area contributed by atoms with Gasteiger partial charge in [0, 0.05) is 34.9 Å². The van der Waals surface area contributed by atoms with E-state index >= 15 is 0 Å². The number of hydrogen-bond acceptors (Lipinski definition) is 6. The fourth-order valence-electron chi connectivity index (χ4n) is 3.32. The number of carbonyl (C=O) groups excluding carboxylic acids is 1. The van der Waals surface area contributed by atoms with E-state index in [9.17, 15) is 4.79 Å². The van der Waals surface area contributed by atoms with E-state index in [2.05, 4.69) is 52.9 Å². The van der Waals surface area contributed by atoms with Crippen LogP contribution in [-0.4, -0.2) is 31.9 Å². The normalized spacial score (nSPS) is 12.9. The summed E-state index contributed by atoms with van der Waals surface area (Å²) in [4.78, 5) is 28.1. The molecule has 0 radical (unpaired) electrons. The molecule has 0 saturated heterocycles. The maximum Gasteiger partial charge on any atom is 0.252 e. The van der Waals surface area contributed by atoms with Crippen LogP contribution in [-0.2, 0) is 0 Å². The number of benzene rings is 1. The average molecular weight is 403 g/mol. The van der Waals surface area contributed by atoms with Crippen molar-refractivity contribution < 1.29 is 4.79 Å². The van der Waals surface area contributed by atoms with Crippen molar-refractivity contribution in [1.29, 1.82) is 0 Å². The first-order chi connectivity index (χ1) is 14.1. The predicted molar refractivity (Wildman–Crippen MR) is 120 cm³/mol. The Morgan fingerprint density at radius 3 is 2.63 bits per heavy atom. The van der Waals surface area contributed by atoms with Crippen LogP contribution < -0.4 is 16.8 Å². The van der Waals surface area contributed by atoms with E-state index in [4.69, 9.17) is 11.5 Å². The highest BCUT2D eigenvalue weighted by Gasteiger charge is 2.23. The van der Waals surface area contributed by atoms with E-state index in [-0.39, 0.29) is 17.4 Å². The monoisotopic (exact) mass is 403 g/mol. The second kappa shape index (κ2) is 6.98. The van der Waals surface area contributed by atoms with E-state index in [1.165, 1.54) is 6.20 Å². The molecule has 0 aliphatic heterocycles. The lowest BCUT2D eigenvalue weighted by atomic mass is 9.88. The van der Waals surface area contributed by atoms with Crippen LogP contribution in [0.2, 0.25) is 0 Å². The van der Waals surface area contributed by atoms with E-state index in [1.54, 1.807) is 12.3 Å². The number of H-pyrrole nitrogens is 1. The second-order valence-electron chi connectivity index (χ2n) is 8.55. The molecule has 1 amide bonds. The number of nitrogens with one attached hydrogen (secondary N) is 2. The second-order valence-corrected chi connectivity index (χ2v) is 8.55. The lowest BCUT2D eigenvalue weighted by Crippen LogP contribution is -2.31. The number of fused-ring (bicyclic) bond motifs is 3. The van der Waals surface area contributed by atoms with Gasteiger partial charge in [0.05, 0.1) is 22.2 Å². The summed E-state index contributed by atoms with van der Waals surface area (Å²) >= 11 is 0. The molecule has 4 rings (SSSR count). The largest absolute Gasteiger partial charge is 0.368 e. The van der Waals surface area contributed by atoms with Crippen molar-refractivity contribution in [2.24, 2.45) is 11.1 Å². The maximum absolute atomic E-state index is 12.0. The molecule has 0 spiro atoms. The summed E-state index contributed by atoms with van der Waals surface area (Å²) in [5.41, 5.74) is 14.8. The summed E-state index contributed by atoms with van der Waals surface area (Å²) in [7, 11) is 0. The number of carbonyl (C=O) groups is 1. The van der Waals surface area contributed by atoms with Gasteiger partial charge in [-0.2, -0.15) is 0 Å². The molecule has 154 valence electrons. The zero-order chi connectivity index (χ0) is 21.6. The smallest absolute Gasteiger partial charge is 0.252 e. The Balaban J connectivity index is 1.93.